The first-order chi connectivity index (χ1) is 13.1. The lowest BCUT2D eigenvalue weighted by Gasteiger charge is -2.09. The topological polar surface area (TPSA) is 125 Å². The number of rotatable bonds is 7. The van der Waals surface area contributed by atoms with Crippen molar-refractivity contribution in [1.82, 2.24) is 9.97 Å². The standard InChI is InChI=1S/C19H21N5O3/c1-2-26-17(25)9-10-27-14-6-3-12(4-7-14)13-5-8-16-15(11-13)18(24-21)23-19(20)22-16/h3-8,11H,2,9-10,21H2,1H3,(H3,20,22,23,24). The molecular formula is C19H21N5O3. The predicted molar refractivity (Wildman–Crippen MR) is 104 cm³/mol. The van der Waals surface area contributed by atoms with Crippen molar-refractivity contribution in [3.8, 4) is 16.9 Å². The third-order valence-electron chi connectivity index (χ3n) is 3.92. The maximum Gasteiger partial charge on any atom is 0.309 e. The zero-order valence-electron chi connectivity index (χ0n) is 14.9. The zero-order chi connectivity index (χ0) is 19.2. The molecule has 0 spiro atoms. The van der Waals surface area contributed by atoms with Gasteiger partial charge in [0.2, 0.25) is 5.95 Å². The first-order valence-corrected chi connectivity index (χ1v) is 8.53. The van der Waals surface area contributed by atoms with Gasteiger partial charge < -0.3 is 20.6 Å². The van der Waals surface area contributed by atoms with Gasteiger partial charge in [-0.2, -0.15) is 4.98 Å². The highest BCUT2D eigenvalue weighted by Crippen LogP contribution is 2.28. The minimum atomic E-state index is -0.266. The lowest BCUT2D eigenvalue weighted by molar-refractivity contribution is -0.143. The number of hydrogen-bond donors (Lipinski definition) is 3. The third kappa shape index (κ3) is 4.42. The van der Waals surface area contributed by atoms with Crippen LogP contribution in [0.25, 0.3) is 22.0 Å². The Bertz CT molecular complexity index is 944. The molecule has 2 aromatic carbocycles. The van der Waals surface area contributed by atoms with Gasteiger partial charge in [-0.1, -0.05) is 18.2 Å². The molecule has 0 bridgehead atoms. The van der Waals surface area contributed by atoms with E-state index in [0.29, 0.717) is 23.7 Å². The Morgan fingerprint density at radius 3 is 2.56 bits per heavy atom. The van der Waals surface area contributed by atoms with Gasteiger partial charge in [0, 0.05) is 5.39 Å². The average Bonchev–Trinajstić information content (AvgIpc) is 2.67. The van der Waals surface area contributed by atoms with Crippen LogP contribution in [0.3, 0.4) is 0 Å². The molecule has 5 N–H and O–H groups in total. The molecule has 0 amide bonds. The van der Waals surface area contributed by atoms with E-state index in [-0.39, 0.29) is 24.9 Å². The van der Waals surface area contributed by atoms with Crippen molar-refractivity contribution >= 4 is 28.6 Å². The van der Waals surface area contributed by atoms with Gasteiger partial charge in [0.1, 0.15) is 5.75 Å². The fourth-order valence-electron chi connectivity index (χ4n) is 2.66. The summed E-state index contributed by atoms with van der Waals surface area (Å²) in [5, 5.41) is 0.777. The summed E-state index contributed by atoms with van der Waals surface area (Å²) in [5.41, 5.74) is 10.9. The molecule has 140 valence electrons. The van der Waals surface area contributed by atoms with Gasteiger partial charge >= 0.3 is 5.97 Å². The average molecular weight is 367 g/mol. The molecule has 0 aliphatic carbocycles. The first kappa shape index (κ1) is 18.4. The molecule has 8 nitrogen and oxygen atoms in total. The first-order valence-electron chi connectivity index (χ1n) is 8.53. The third-order valence-corrected chi connectivity index (χ3v) is 3.92. The van der Waals surface area contributed by atoms with Gasteiger partial charge in [0.15, 0.2) is 5.82 Å². The van der Waals surface area contributed by atoms with E-state index in [1.54, 1.807) is 6.92 Å². The highest BCUT2D eigenvalue weighted by molar-refractivity contribution is 5.93. The molecule has 0 saturated heterocycles. The van der Waals surface area contributed by atoms with Gasteiger partial charge in [-0.05, 0) is 42.3 Å². The number of nitrogens with two attached hydrogens (primary N) is 2. The van der Waals surface area contributed by atoms with E-state index in [2.05, 4.69) is 15.4 Å². The van der Waals surface area contributed by atoms with E-state index in [1.165, 1.54) is 0 Å². The van der Waals surface area contributed by atoms with Gasteiger partial charge in [-0.3, -0.25) is 4.79 Å². The molecule has 1 aromatic heterocycles. The van der Waals surface area contributed by atoms with E-state index in [4.69, 9.17) is 21.1 Å². The molecule has 0 radical (unpaired) electrons. The molecule has 27 heavy (non-hydrogen) atoms. The summed E-state index contributed by atoms with van der Waals surface area (Å²) in [6.07, 6.45) is 0.220. The summed E-state index contributed by atoms with van der Waals surface area (Å²) in [7, 11) is 0. The molecule has 0 saturated carbocycles. The van der Waals surface area contributed by atoms with Gasteiger partial charge in [-0.15, -0.1) is 0 Å². The van der Waals surface area contributed by atoms with Crippen LogP contribution >= 0.6 is 0 Å². The van der Waals surface area contributed by atoms with Crippen molar-refractivity contribution < 1.29 is 14.3 Å². The van der Waals surface area contributed by atoms with E-state index < -0.39 is 0 Å². The second kappa shape index (κ2) is 8.33. The molecule has 8 heteroatoms. The molecular weight excluding hydrogens is 346 g/mol. The number of fused-ring (bicyclic) bond motifs is 1. The van der Waals surface area contributed by atoms with Crippen molar-refractivity contribution in [1.29, 1.82) is 0 Å². The van der Waals surface area contributed by atoms with E-state index >= 15 is 0 Å². The Kier molecular flexibility index (Phi) is 5.68. The fourth-order valence-corrected chi connectivity index (χ4v) is 2.66. The van der Waals surface area contributed by atoms with E-state index in [9.17, 15) is 4.79 Å². The van der Waals surface area contributed by atoms with Crippen LogP contribution in [0.5, 0.6) is 5.75 Å². The SMILES string of the molecule is CCOC(=O)CCOc1ccc(-c2ccc3nc(N)nc(NN)c3c2)cc1. The van der Waals surface area contributed by atoms with E-state index in [1.807, 2.05) is 42.5 Å². The summed E-state index contributed by atoms with van der Waals surface area (Å²) in [5.74, 6) is 6.58. The Morgan fingerprint density at radius 1 is 1.11 bits per heavy atom. The summed E-state index contributed by atoms with van der Waals surface area (Å²) >= 11 is 0. The van der Waals surface area contributed by atoms with Crippen LogP contribution in [0, 0.1) is 0 Å². The van der Waals surface area contributed by atoms with Crippen molar-refractivity contribution in [2.75, 3.05) is 24.4 Å². The summed E-state index contributed by atoms with van der Waals surface area (Å²) in [4.78, 5) is 19.6. The molecule has 0 aliphatic rings. The Labute approximate surface area is 156 Å². The van der Waals surface area contributed by atoms with Crippen LogP contribution in [0.1, 0.15) is 13.3 Å². The van der Waals surface area contributed by atoms with Crippen molar-refractivity contribution in [2.24, 2.45) is 5.84 Å². The number of anilines is 2. The zero-order valence-corrected chi connectivity index (χ0v) is 14.9. The maximum atomic E-state index is 11.3. The number of carbonyl (C=O) groups excluding carboxylic acids is 1. The van der Waals surface area contributed by atoms with Gasteiger partial charge in [0.25, 0.3) is 0 Å². The maximum absolute atomic E-state index is 11.3. The monoisotopic (exact) mass is 367 g/mol. The fraction of sp³-hybridized carbons (Fsp3) is 0.211. The number of carbonyl (C=O) groups is 1. The second-order valence-corrected chi connectivity index (χ2v) is 5.73. The highest BCUT2D eigenvalue weighted by Gasteiger charge is 2.08. The lowest BCUT2D eigenvalue weighted by Crippen LogP contribution is -2.11. The number of nitrogen functional groups attached to an aromatic ring is 2. The molecule has 3 aromatic rings. The van der Waals surface area contributed by atoms with Crippen LogP contribution in [0.4, 0.5) is 11.8 Å². The molecule has 1 heterocycles. The highest BCUT2D eigenvalue weighted by atomic mass is 16.5. The van der Waals surface area contributed by atoms with Crippen molar-refractivity contribution in [3.63, 3.8) is 0 Å². The molecule has 0 aliphatic heterocycles. The molecule has 0 atom stereocenters. The Morgan fingerprint density at radius 2 is 1.85 bits per heavy atom. The van der Waals surface area contributed by atoms with Gasteiger partial charge in [-0.25, -0.2) is 10.8 Å². The van der Waals surface area contributed by atoms with Crippen molar-refractivity contribution in [2.45, 2.75) is 13.3 Å². The molecule has 3 rings (SSSR count). The summed E-state index contributed by atoms with van der Waals surface area (Å²) in [6.45, 7) is 2.43. The van der Waals surface area contributed by atoms with Gasteiger partial charge in [0.05, 0.1) is 25.2 Å². The van der Waals surface area contributed by atoms with Crippen LogP contribution in [0.2, 0.25) is 0 Å². The Balaban J connectivity index is 1.75. The number of esters is 1. The van der Waals surface area contributed by atoms with Crippen LogP contribution in [-0.2, 0) is 9.53 Å². The number of ether oxygens (including phenoxy) is 2. The predicted octanol–water partition coefficient (Wildman–Crippen LogP) is 2.50. The van der Waals surface area contributed by atoms with Crippen LogP contribution in [0.15, 0.2) is 42.5 Å². The van der Waals surface area contributed by atoms with Crippen LogP contribution in [-0.4, -0.2) is 29.2 Å². The number of benzene rings is 2. The number of nitrogens with zero attached hydrogens (tertiary/aromatic N) is 2. The second-order valence-electron chi connectivity index (χ2n) is 5.73. The lowest BCUT2D eigenvalue weighted by atomic mass is 10.0. The smallest absolute Gasteiger partial charge is 0.309 e. The molecule has 0 fully saturated rings. The Hall–Kier alpha value is -3.39. The summed E-state index contributed by atoms with van der Waals surface area (Å²) in [6, 6.07) is 13.3. The minimum absolute atomic E-state index is 0.160. The summed E-state index contributed by atoms with van der Waals surface area (Å²) < 4.78 is 10.4. The normalized spacial score (nSPS) is 10.6. The van der Waals surface area contributed by atoms with E-state index in [0.717, 1.165) is 16.5 Å². The largest absolute Gasteiger partial charge is 0.493 e. The number of hydrogen-bond acceptors (Lipinski definition) is 8. The molecule has 0 unspecified atom stereocenters. The number of nitrogens with one attached hydrogen (secondary N) is 1. The van der Waals surface area contributed by atoms with Crippen LogP contribution < -0.4 is 21.7 Å². The quantitative estimate of drug-likeness (QED) is 0.330. The number of aromatic nitrogens is 2. The van der Waals surface area contributed by atoms with Crippen molar-refractivity contribution in [3.05, 3.63) is 42.5 Å². The minimum Gasteiger partial charge on any atom is -0.493 e. The number of hydrazine groups is 1.